The average Bonchev–Trinajstić information content (AvgIpc) is 2.38. The number of hydrogen-bond acceptors (Lipinski definition) is 4. The minimum atomic E-state index is -0.0846. The maximum Gasteiger partial charge on any atom is 0.253 e. The highest BCUT2D eigenvalue weighted by atomic mass is 16.1. The maximum absolute atomic E-state index is 11.8. The molecular weight excluding hydrogens is 240 g/mol. The Labute approximate surface area is 110 Å². The van der Waals surface area contributed by atoms with Crippen LogP contribution >= 0.6 is 0 Å². The molecule has 2 heterocycles. The molecule has 0 atom stereocenters. The number of pyridine rings is 2. The van der Waals surface area contributed by atoms with E-state index in [2.05, 4.69) is 15.3 Å². The second kappa shape index (κ2) is 5.36. The second-order valence-corrected chi connectivity index (χ2v) is 4.34. The van der Waals surface area contributed by atoms with Gasteiger partial charge in [0.1, 0.15) is 11.9 Å². The number of aromatic amines is 1. The third-order valence-electron chi connectivity index (χ3n) is 2.83. The van der Waals surface area contributed by atoms with Crippen LogP contribution in [0.5, 0.6) is 0 Å². The predicted octanol–water partition coefficient (Wildman–Crippen LogP) is 1.87. The van der Waals surface area contributed by atoms with Crippen molar-refractivity contribution in [3.05, 3.63) is 57.1 Å². The SMILES string of the molecule is Cc1cc(C)c(CNc2ccc(C#N)cn2)c(=O)[nH]1. The molecule has 96 valence electrons. The molecule has 2 rings (SSSR count). The molecule has 0 radical (unpaired) electrons. The van der Waals surface area contributed by atoms with E-state index in [1.54, 1.807) is 12.1 Å². The van der Waals surface area contributed by atoms with Gasteiger partial charge in [0, 0.05) is 24.0 Å². The number of hydrogen-bond donors (Lipinski definition) is 2. The fourth-order valence-electron chi connectivity index (χ4n) is 1.84. The van der Waals surface area contributed by atoms with E-state index in [0.717, 1.165) is 11.3 Å². The van der Waals surface area contributed by atoms with Crippen LogP contribution in [-0.4, -0.2) is 9.97 Å². The lowest BCUT2D eigenvalue weighted by Gasteiger charge is -2.08. The fraction of sp³-hybridized carbons (Fsp3) is 0.214. The predicted molar refractivity (Wildman–Crippen MR) is 72.8 cm³/mol. The number of nitriles is 1. The summed E-state index contributed by atoms with van der Waals surface area (Å²) in [6.45, 7) is 4.17. The molecule has 0 aliphatic heterocycles. The van der Waals surface area contributed by atoms with Gasteiger partial charge in [-0.15, -0.1) is 0 Å². The van der Waals surface area contributed by atoms with Gasteiger partial charge in [0.05, 0.1) is 5.56 Å². The molecule has 2 N–H and O–H groups in total. The standard InChI is InChI=1S/C14H14N4O/c1-9-5-10(2)18-14(19)12(9)8-17-13-4-3-11(6-15)7-16-13/h3-5,7H,8H2,1-2H3,(H,16,17)(H,18,19). The van der Waals surface area contributed by atoms with Crippen molar-refractivity contribution in [2.45, 2.75) is 20.4 Å². The molecule has 19 heavy (non-hydrogen) atoms. The maximum atomic E-state index is 11.8. The van der Waals surface area contributed by atoms with E-state index in [0.29, 0.717) is 23.5 Å². The summed E-state index contributed by atoms with van der Waals surface area (Å²) in [5.74, 6) is 0.637. The summed E-state index contributed by atoms with van der Waals surface area (Å²) in [6, 6.07) is 7.34. The van der Waals surface area contributed by atoms with Crippen molar-refractivity contribution in [2.75, 3.05) is 5.32 Å². The van der Waals surface area contributed by atoms with E-state index >= 15 is 0 Å². The summed E-state index contributed by atoms with van der Waals surface area (Å²) in [7, 11) is 0. The van der Waals surface area contributed by atoms with E-state index in [1.165, 1.54) is 6.20 Å². The van der Waals surface area contributed by atoms with Gasteiger partial charge in [0.15, 0.2) is 0 Å². The average molecular weight is 254 g/mol. The quantitative estimate of drug-likeness (QED) is 0.876. The number of H-pyrrole nitrogens is 1. The van der Waals surface area contributed by atoms with Crippen LogP contribution in [0.25, 0.3) is 0 Å². The smallest absolute Gasteiger partial charge is 0.253 e. The lowest BCUT2D eigenvalue weighted by molar-refractivity contribution is 1.00. The minimum absolute atomic E-state index is 0.0846. The zero-order chi connectivity index (χ0) is 13.8. The number of aromatic nitrogens is 2. The molecule has 0 aliphatic rings. The Morgan fingerprint density at radius 1 is 1.42 bits per heavy atom. The summed E-state index contributed by atoms with van der Waals surface area (Å²) < 4.78 is 0. The van der Waals surface area contributed by atoms with Gasteiger partial charge in [-0.3, -0.25) is 4.79 Å². The highest BCUT2D eigenvalue weighted by molar-refractivity contribution is 5.40. The van der Waals surface area contributed by atoms with Gasteiger partial charge in [-0.2, -0.15) is 5.26 Å². The number of anilines is 1. The molecule has 5 nitrogen and oxygen atoms in total. The first kappa shape index (κ1) is 12.8. The molecule has 0 spiro atoms. The van der Waals surface area contributed by atoms with Crippen LogP contribution < -0.4 is 10.9 Å². The van der Waals surface area contributed by atoms with Gasteiger partial charge in [0.2, 0.25) is 0 Å². The molecule has 0 aliphatic carbocycles. The summed E-state index contributed by atoms with van der Waals surface area (Å²) in [4.78, 5) is 18.7. The van der Waals surface area contributed by atoms with E-state index < -0.39 is 0 Å². The zero-order valence-electron chi connectivity index (χ0n) is 10.8. The molecular formula is C14H14N4O. The number of rotatable bonds is 3. The van der Waals surface area contributed by atoms with Crippen molar-refractivity contribution >= 4 is 5.82 Å². The van der Waals surface area contributed by atoms with E-state index in [1.807, 2.05) is 26.0 Å². The first-order chi connectivity index (χ1) is 9.10. The van der Waals surface area contributed by atoms with Crippen molar-refractivity contribution in [1.82, 2.24) is 9.97 Å². The number of nitrogens with zero attached hydrogens (tertiary/aromatic N) is 2. The van der Waals surface area contributed by atoms with Crippen molar-refractivity contribution in [3.63, 3.8) is 0 Å². The Morgan fingerprint density at radius 3 is 2.79 bits per heavy atom. The molecule has 0 amide bonds. The molecule has 2 aromatic rings. The molecule has 2 aromatic heterocycles. The highest BCUT2D eigenvalue weighted by Crippen LogP contribution is 2.08. The van der Waals surface area contributed by atoms with E-state index in [4.69, 9.17) is 5.26 Å². The van der Waals surface area contributed by atoms with Crippen LogP contribution in [0.2, 0.25) is 0 Å². The molecule has 0 saturated carbocycles. The molecule has 0 fully saturated rings. The van der Waals surface area contributed by atoms with Crippen LogP contribution in [0.15, 0.2) is 29.2 Å². The summed E-state index contributed by atoms with van der Waals surface area (Å²) in [5, 5.41) is 11.8. The summed E-state index contributed by atoms with van der Waals surface area (Å²) in [5.41, 5.74) is 2.91. The van der Waals surface area contributed by atoms with Gasteiger partial charge >= 0.3 is 0 Å². The van der Waals surface area contributed by atoms with Crippen LogP contribution in [0.3, 0.4) is 0 Å². The van der Waals surface area contributed by atoms with Crippen LogP contribution in [0, 0.1) is 25.2 Å². The monoisotopic (exact) mass is 254 g/mol. The molecule has 0 saturated heterocycles. The van der Waals surface area contributed by atoms with Crippen LogP contribution in [0.1, 0.15) is 22.4 Å². The van der Waals surface area contributed by atoms with Gasteiger partial charge in [0.25, 0.3) is 5.56 Å². The van der Waals surface area contributed by atoms with Crippen molar-refractivity contribution in [1.29, 1.82) is 5.26 Å². The summed E-state index contributed by atoms with van der Waals surface area (Å²) in [6.07, 6.45) is 1.49. The second-order valence-electron chi connectivity index (χ2n) is 4.34. The van der Waals surface area contributed by atoms with Crippen LogP contribution in [0.4, 0.5) is 5.82 Å². The first-order valence-corrected chi connectivity index (χ1v) is 5.89. The normalized spacial score (nSPS) is 9.95. The lowest BCUT2D eigenvalue weighted by atomic mass is 10.1. The zero-order valence-corrected chi connectivity index (χ0v) is 10.8. The van der Waals surface area contributed by atoms with Crippen molar-refractivity contribution < 1.29 is 0 Å². The first-order valence-electron chi connectivity index (χ1n) is 5.89. The van der Waals surface area contributed by atoms with Gasteiger partial charge in [-0.25, -0.2) is 4.98 Å². The molecule has 0 bridgehead atoms. The molecule has 0 unspecified atom stereocenters. The Morgan fingerprint density at radius 2 is 2.21 bits per heavy atom. The van der Waals surface area contributed by atoms with Gasteiger partial charge in [-0.1, -0.05) is 0 Å². The van der Waals surface area contributed by atoms with Gasteiger partial charge < -0.3 is 10.3 Å². The summed E-state index contributed by atoms with van der Waals surface area (Å²) >= 11 is 0. The minimum Gasteiger partial charge on any atom is -0.366 e. The highest BCUT2D eigenvalue weighted by Gasteiger charge is 2.05. The third-order valence-corrected chi connectivity index (χ3v) is 2.83. The Kier molecular flexibility index (Phi) is 3.62. The largest absolute Gasteiger partial charge is 0.366 e. The Balaban J connectivity index is 2.15. The molecule has 5 heteroatoms. The van der Waals surface area contributed by atoms with Crippen molar-refractivity contribution in [2.24, 2.45) is 0 Å². The molecule has 0 aromatic carbocycles. The van der Waals surface area contributed by atoms with Crippen LogP contribution in [-0.2, 0) is 6.54 Å². The van der Waals surface area contributed by atoms with Gasteiger partial charge in [-0.05, 0) is 37.6 Å². The van der Waals surface area contributed by atoms with Crippen molar-refractivity contribution in [3.8, 4) is 6.07 Å². The Hall–Kier alpha value is -2.61. The third kappa shape index (κ3) is 2.99. The number of nitrogens with one attached hydrogen (secondary N) is 2. The van der Waals surface area contributed by atoms with E-state index in [-0.39, 0.29) is 5.56 Å². The topological polar surface area (TPSA) is 81.6 Å². The number of aryl methyl sites for hydroxylation is 2. The lowest BCUT2D eigenvalue weighted by Crippen LogP contribution is -2.18. The fourth-order valence-corrected chi connectivity index (χ4v) is 1.84. The Bertz CT molecular complexity index is 680. The van der Waals surface area contributed by atoms with E-state index in [9.17, 15) is 4.79 Å².